The van der Waals surface area contributed by atoms with Crippen LogP contribution in [0.1, 0.15) is 43.3 Å². The lowest BCUT2D eigenvalue weighted by atomic mass is 10.1. The van der Waals surface area contributed by atoms with E-state index in [-0.39, 0.29) is 18.3 Å². The summed E-state index contributed by atoms with van der Waals surface area (Å²) < 4.78 is 47.1. The summed E-state index contributed by atoms with van der Waals surface area (Å²) in [4.78, 5) is 8.49. The summed E-state index contributed by atoms with van der Waals surface area (Å²) in [5, 5.41) is 8.53. The van der Waals surface area contributed by atoms with Gasteiger partial charge in [0.2, 0.25) is 0 Å². The standard InChI is InChI=1S/C23H29ClN6O5S/c1-14(22-26-10-16(24)11-27-22)15(2)36(25,31)13-20-28-29-23(19-12-34-8-9-35-19)30(20)21-17(32-3)6-5-7-18(21)33-4/h5-7,10-11,14-15,19,25H,8-9,12-13H2,1-4H3/t14-,15-,19-,36?/m0/s1. The van der Waals surface area contributed by atoms with E-state index in [0.29, 0.717) is 52.9 Å². The Hall–Kier alpha value is -2.80. The lowest BCUT2D eigenvalue weighted by Gasteiger charge is -2.25. The average molecular weight is 537 g/mol. The summed E-state index contributed by atoms with van der Waals surface area (Å²) in [6.07, 6.45) is 2.47. The maximum atomic E-state index is 13.8. The number of para-hydroxylation sites is 1. The number of aromatic nitrogens is 5. The third kappa shape index (κ3) is 5.31. The molecule has 0 spiro atoms. The Labute approximate surface area is 215 Å². The van der Waals surface area contributed by atoms with Crippen molar-refractivity contribution < 1.29 is 23.2 Å². The Morgan fingerprint density at radius 1 is 1.17 bits per heavy atom. The summed E-state index contributed by atoms with van der Waals surface area (Å²) in [6, 6.07) is 5.36. The zero-order valence-corrected chi connectivity index (χ0v) is 22.1. The first-order valence-electron chi connectivity index (χ1n) is 11.3. The number of benzene rings is 1. The van der Waals surface area contributed by atoms with Gasteiger partial charge < -0.3 is 18.9 Å². The van der Waals surface area contributed by atoms with Crippen molar-refractivity contribution in [3.8, 4) is 17.2 Å². The molecule has 1 aromatic carbocycles. The van der Waals surface area contributed by atoms with E-state index in [1.807, 2.05) is 6.92 Å². The van der Waals surface area contributed by atoms with Crippen LogP contribution in [0.25, 0.3) is 5.69 Å². The number of nitrogens with one attached hydrogen (secondary N) is 1. The van der Waals surface area contributed by atoms with Crippen molar-refractivity contribution in [2.45, 2.75) is 36.9 Å². The first-order valence-corrected chi connectivity index (χ1v) is 13.5. The fraction of sp³-hybridized carbons (Fsp3) is 0.478. The minimum absolute atomic E-state index is 0.173. The van der Waals surface area contributed by atoms with E-state index < -0.39 is 21.1 Å². The monoisotopic (exact) mass is 536 g/mol. The van der Waals surface area contributed by atoms with Gasteiger partial charge in [0.15, 0.2) is 11.6 Å². The van der Waals surface area contributed by atoms with Crippen LogP contribution in [0.5, 0.6) is 11.5 Å². The topological polar surface area (TPSA) is 134 Å². The van der Waals surface area contributed by atoms with Gasteiger partial charge in [-0.15, -0.1) is 10.2 Å². The van der Waals surface area contributed by atoms with E-state index >= 15 is 0 Å². The molecule has 1 aliphatic rings. The highest BCUT2D eigenvalue weighted by Crippen LogP contribution is 2.37. The van der Waals surface area contributed by atoms with Gasteiger partial charge in [0.05, 0.1) is 59.8 Å². The highest BCUT2D eigenvalue weighted by atomic mass is 35.5. The third-order valence-corrected chi connectivity index (χ3v) is 8.67. The van der Waals surface area contributed by atoms with Crippen LogP contribution in [0.4, 0.5) is 0 Å². The predicted octanol–water partition coefficient (Wildman–Crippen LogP) is 3.55. The second-order valence-electron chi connectivity index (χ2n) is 8.38. The highest BCUT2D eigenvalue weighted by Gasteiger charge is 2.32. The van der Waals surface area contributed by atoms with Gasteiger partial charge >= 0.3 is 0 Å². The smallest absolute Gasteiger partial charge is 0.169 e. The SMILES string of the molecule is COc1cccc(OC)c1-n1c(CS(=N)(=O)[C@@H](C)[C@H](C)c2ncc(Cl)cn2)nnc1[C@@H]1COCCO1. The lowest BCUT2D eigenvalue weighted by Crippen LogP contribution is -2.27. The molecule has 4 rings (SSSR count). The number of methoxy groups -OCH3 is 2. The second-order valence-corrected chi connectivity index (χ2v) is 11.3. The van der Waals surface area contributed by atoms with Crippen molar-refractivity contribution in [1.29, 1.82) is 4.78 Å². The first kappa shape index (κ1) is 26.3. The molecule has 0 amide bonds. The maximum absolute atomic E-state index is 13.8. The molecule has 3 heterocycles. The molecule has 13 heteroatoms. The quantitative estimate of drug-likeness (QED) is 0.435. The van der Waals surface area contributed by atoms with Gasteiger partial charge in [-0.2, -0.15) is 0 Å². The Kier molecular flexibility index (Phi) is 8.08. The van der Waals surface area contributed by atoms with Crippen molar-refractivity contribution >= 4 is 21.3 Å². The largest absolute Gasteiger partial charge is 0.494 e. The summed E-state index contributed by atoms with van der Waals surface area (Å²) in [7, 11) is -0.153. The molecule has 4 atom stereocenters. The molecule has 1 aliphatic heterocycles. The van der Waals surface area contributed by atoms with E-state index in [0.717, 1.165) is 0 Å². The molecule has 1 unspecified atom stereocenters. The molecular weight excluding hydrogens is 508 g/mol. The number of ether oxygens (including phenoxy) is 4. The van der Waals surface area contributed by atoms with Crippen LogP contribution in [-0.2, 0) is 25.0 Å². The molecule has 11 nitrogen and oxygen atoms in total. The normalized spacial score (nSPS) is 19.3. The number of hydrogen-bond donors (Lipinski definition) is 1. The molecule has 1 fully saturated rings. The van der Waals surface area contributed by atoms with Gasteiger partial charge in [0.25, 0.3) is 0 Å². The Bertz CT molecular complexity index is 1270. The Morgan fingerprint density at radius 2 is 1.83 bits per heavy atom. The predicted molar refractivity (Wildman–Crippen MR) is 133 cm³/mol. The van der Waals surface area contributed by atoms with E-state index in [9.17, 15) is 4.21 Å². The molecular formula is C23H29ClN6O5S. The minimum Gasteiger partial charge on any atom is -0.494 e. The molecule has 36 heavy (non-hydrogen) atoms. The van der Waals surface area contributed by atoms with Crippen LogP contribution >= 0.6 is 11.6 Å². The molecule has 3 aromatic rings. The molecule has 1 N–H and O–H groups in total. The number of hydrogen-bond acceptors (Lipinski definition) is 10. The highest BCUT2D eigenvalue weighted by molar-refractivity contribution is 7.92. The minimum atomic E-state index is -3.25. The summed E-state index contributed by atoms with van der Waals surface area (Å²) in [5.74, 6) is 1.70. The van der Waals surface area contributed by atoms with E-state index in [1.165, 1.54) is 12.4 Å². The third-order valence-electron chi connectivity index (χ3n) is 6.18. The zero-order chi connectivity index (χ0) is 25.9. The molecule has 194 valence electrons. The fourth-order valence-corrected chi connectivity index (χ4v) is 5.70. The number of rotatable bonds is 9. The van der Waals surface area contributed by atoms with E-state index in [4.69, 9.17) is 35.3 Å². The van der Waals surface area contributed by atoms with Gasteiger partial charge in [0.1, 0.15) is 29.1 Å². The molecule has 1 saturated heterocycles. The number of halogens is 1. The fourth-order valence-electron chi connectivity index (χ4n) is 3.99. The van der Waals surface area contributed by atoms with Gasteiger partial charge in [-0.05, 0) is 19.1 Å². The Balaban J connectivity index is 1.77. The zero-order valence-electron chi connectivity index (χ0n) is 20.5. The van der Waals surface area contributed by atoms with Gasteiger partial charge in [-0.3, -0.25) is 9.35 Å². The molecule has 0 saturated carbocycles. The van der Waals surface area contributed by atoms with Crippen LogP contribution in [0.3, 0.4) is 0 Å². The van der Waals surface area contributed by atoms with E-state index in [1.54, 1.807) is 43.9 Å². The molecule has 0 radical (unpaired) electrons. The maximum Gasteiger partial charge on any atom is 0.169 e. The second kappa shape index (κ2) is 11.1. The molecule has 0 aliphatic carbocycles. The molecule has 0 bridgehead atoms. The van der Waals surface area contributed by atoms with Crippen molar-refractivity contribution in [1.82, 2.24) is 24.7 Å². The number of nitrogens with zero attached hydrogens (tertiary/aromatic N) is 5. The van der Waals surface area contributed by atoms with Crippen LogP contribution in [0, 0.1) is 4.78 Å². The first-order chi connectivity index (χ1) is 17.3. The van der Waals surface area contributed by atoms with Crippen molar-refractivity contribution in [3.63, 3.8) is 0 Å². The van der Waals surface area contributed by atoms with Crippen LogP contribution in [0.2, 0.25) is 5.02 Å². The van der Waals surface area contributed by atoms with Crippen molar-refractivity contribution in [3.05, 3.63) is 53.1 Å². The van der Waals surface area contributed by atoms with Crippen molar-refractivity contribution in [2.24, 2.45) is 0 Å². The van der Waals surface area contributed by atoms with Crippen molar-refractivity contribution in [2.75, 3.05) is 34.0 Å². The average Bonchev–Trinajstić information content (AvgIpc) is 3.30. The Morgan fingerprint density at radius 3 is 2.42 bits per heavy atom. The van der Waals surface area contributed by atoms with E-state index in [2.05, 4.69) is 20.2 Å². The van der Waals surface area contributed by atoms with Gasteiger partial charge in [-0.25, -0.2) is 14.2 Å². The lowest BCUT2D eigenvalue weighted by molar-refractivity contribution is -0.0942. The summed E-state index contributed by atoms with van der Waals surface area (Å²) in [6.45, 7) is 4.77. The summed E-state index contributed by atoms with van der Waals surface area (Å²) in [5.41, 5.74) is 0.531. The van der Waals surface area contributed by atoms with Crippen LogP contribution in [-0.4, -0.2) is 68.2 Å². The van der Waals surface area contributed by atoms with Gasteiger partial charge in [-0.1, -0.05) is 24.6 Å². The van der Waals surface area contributed by atoms with Crippen LogP contribution in [0.15, 0.2) is 30.6 Å². The molecule has 2 aromatic heterocycles. The van der Waals surface area contributed by atoms with Crippen LogP contribution < -0.4 is 9.47 Å². The van der Waals surface area contributed by atoms with Gasteiger partial charge in [0, 0.05) is 18.3 Å². The summed E-state index contributed by atoms with van der Waals surface area (Å²) >= 11 is 5.91.